The van der Waals surface area contributed by atoms with E-state index in [0.29, 0.717) is 15.7 Å². The zero-order valence-electron chi connectivity index (χ0n) is 14.4. The Balaban J connectivity index is 1.56. The smallest absolute Gasteiger partial charge is 0.263 e. The van der Waals surface area contributed by atoms with E-state index in [2.05, 4.69) is 9.71 Å². The third kappa shape index (κ3) is 4.66. The van der Waals surface area contributed by atoms with Crippen LogP contribution in [0.15, 0.2) is 74.8 Å². The first-order chi connectivity index (χ1) is 13.8. The molecule has 0 aliphatic heterocycles. The van der Waals surface area contributed by atoms with Gasteiger partial charge >= 0.3 is 0 Å². The van der Waals surface area contributed by atoms with Crippen LogP contribution < -0.4 is 4.72 Å². The number of hydrogen-bond donors (Lipinski definition) is 1. The third-order valence-electron chi connectivity index (χ3n) is 3.84. The van der Waals surface area contributed by atoms with Crippen LogP contribution >= 0.6 is 57.9 Å². The lowest BCUT2D eigenvalue weighted by atomic mass is 10.3. The van der Waals surface area contributed by atoms with Gasteiger partial charge in [-0.1, -0.05) is 58.7 Å². The number of aromatic nitrogens is 1. The average Bonchev–Trinajstić information content (AvgIpc) is 3.06. The molecule has 0 spiro atoms. The number of nitrogens with one attached hydrogen (secondary N) is 1. The molecule has 10 heteroatoms. The van der Waals surface area contributed by atoms with Crippen LogP contribution in [0.1, 0.15) is 0 Å². The van der Waals surface area contributed by atoms with Gasteiger partial charge in [-0.2, -0.15) is 0 Å². The van der Waals surface area contributed by atoms with Crippen LogP contribution in [0, 0.1) is 0 Å². The second-order valence-corrected chi connectivity index (χ2v) is 11.1. The van der Waals surface area contributed by atoms with Crippen LogP contribution in [0.3, 0.4) is 0 Å². The Morgan fingerprint density at radius 2 is 1.72 bits per heavy atom. The molecular formula is C19H11Cl3N2O2S3. The van der Waals surface area contributed by atoms with E-state index in [1.165, 1.54) is 30.0 Å². The second kappa shape index (κ2) is 8.34. The van der Waals surface area contributed by atoms with Gasteiger partial charge in [0.25, 0.3) is 10.0 Å². The molecule has 0 radical (unpaired) electrons. The van der Waals surface area contributed by atoms with E-state index < -0.39 is 10.0 Å². The molecule has 0 atom stereocenters. The van der Waals surface area contributed by atoms with Crippen molar-refractivity contribution in [2.24, 2.45) is 0 Å². The molecule has 0 aliphatic carbocycles. The maximum Gasteiger partial charge on any atom is 0.263 e. The Morgan fingerprint density at radius 1 is 0.931 bits per heavy atom. The summed E-state index contributed by atoms with van der Waals surface area (Å²) in [6, 6.07) is 17.0. The normalized spacial score (nSPS) is 11.7. The first-order valence-electron chi connectivity index (χ1n) is 8.13. The highest BCUT2D eigenvalue weighted by Crippen LogP contribution is 2.39. The van der Waals surface area contributed by atoms with Crippen molar-refractivity contribution in [1.82, 2.24) is 4.98 Å². The number of thiazole rings is 1. The molecule has 1 aromatic heterocycles. The standard InChI is InChI=1S/C19H11Cl3N2O2S3/c20-11-5-8-18(14(22)9-11)29(25,26)24-12-6-7-16(13(21)10-12)27-19-23-15-3-1-2-4-17(15)28-19/h1-10,24H. The fraction of sp³-hybridized carbons (Fsp3) is 0. The number of nitrogens with zero attached hydrogens (tertiary/aromatic N) is 1. The molecule has 4 aromatic rings. The van der Waals surface area contributed by atoms with Crippen molar-refractivity contribution in [3.05, 3.63) is 75.7 Å². The first-order valence-corrected chi connectivity index (χ1v) is 12.4. The molecule has 4 nitrogen and oxygen atoms in total. The number of rotatable bonds is 5. The molecule has 0 amide bonds. The van der Waals surface area contributed by atoms with E-state index in [1.807, 2.05) is 24.3 Å². The molecule has 1 N–H and O–H groups in total. The highest BCUT2D eigenvalue weighted by Gasteiger charge is 2.19. The summed E-state index contributed by atoms with van der Waals surface area (Å²) in [5, 5.41) is 0.809. The van der Waals surface area contributed by atoms with Crippen LogP contribution in [0.2, 0.25) is 15.1 Å². The van der Waals surface area contributed by atoms with Crippen LogP contribution in [0.25, 0.3) is 10.2 Å². The minimum atomic E-state index is -3.88. The average molecular weight is 502 g/mol. The Kier molecular flexibility index (Phi) is 5.97. The van der Waals surface area contributed by atoms with Crippen LogP contribution in [-0.4, -0.2) is 13.4 Å². The Morgan fingerprint density at radius 3 is 2.45 bits per heavy atom. The predicted octanol–water partition coefficient (Wildman–Crippen LogP) is 7.21. The number of fused-ring (bicyclic) bond motifs is 1. The van der Waals surface area contributed by atoms with Crippen LogP contribution in [0.4, 0.5) is 5.69 Å². The number of para-hydroxylation sites is 1. The lowest BCUT2D eigenvalue weighted by Crippen LogP contribution is -2.13. The van der Waals surface area contributed by atoms with Gasteiger partial charge in [-0.05, 0) is 48.5 Å². The maximum atomic E-state index is 12.6. The van der Waals surface area contributed by atoms with E-state index in [4.69, 9.17) is 34.8 Å². The highest BCUT2D eigenvalue weighted by atomic mass is 35.5. The van der Waals surface area contributed by atoms with Crippen molar-refractivity contribution in [1.29, 1.82) is 0 Å². The first kappa shape index (κ1) is 20.8. The SMILES string of the molecule is O=S(=O)(Nc1ccc(Sc2nc3ccccc3s2)c(Cl)c1)c1ccc(Cl)cc1Cl. The summed E-state index contributed by atoms with van der Waals surface area (Å²) in [5.41, 5.74) is 1.26. The topological polar surface area (TPSA) is 59.1 Å². The lowest BCUT2D eigenvalue weighted by Gasteiger charge is -2.11. The maximum absolute atomic E-state index is 12.6. The molecule has 4 rings (SSSR count). The van der Waals surface area contributed by atoms with Crippen LogP contribution in [-0.2, 0) is 10.0 Å². The van der Waals surface area contributed by atoms with Crippen LogP contribution in [0.5, 0.6) is 0 Å². The van der Waals surface area contributed by atoms with E-state index in [0.717, 1.165) is 19.5 Å². The summed E-state index contributed by atoms with van der Waals surface area (Å²) in [6.07, 6.45) is 0. The summed E-state index contributed by atoms with van der Waals surface area (Å²) in [4.78, 5) is 5.29. The molecular weight excluding hydrogens is 491 g/mol. The summed E-state index contributed by atoms with van der Waals surface area (Å²) in [6.45, 7) is 0. The van der Waals surface area contributed by atoms with E-state index in [1.54, 1.807) is 29.5 Å². The number of hydrogen-bond acceptors (Lipinski definition) is 5. The molecule has 0 saturated heterocycles. The molecule has 0 fully saturated rings. The van der Waals surface area contributed by atoms with Crippen molar-refractivity contribution >= 4 is 83.8 Å². The molecule has 1 heterocycles. The minimum absolute atomic E-state index is 0.0408. The molecule has 29 heavy (non-hydrogen) atoms. The summed E-state index contributed by atoms with van der Waals surface area (Å²) in [7, 11) is -3.88. The van der Waals surface area contributed by atoms with Gasteiger partial charge in [0.1, 0.15) is 4.90 Å². The third-order valence-corrected chi connectivity index (χ3v) is 8.54. The number of anilines is 1. The molecule has 0 unspecified atom stereocenters. The highest BCUT2D eigenvalue weighted by molar-refractivity contribution is 8.01. The van der Waals surface area contributed by atoms with Gasteiger partial charge in [-0.3, -0.25) is 4.72 Å². The van der Waals surface area contributed by atoms with Gasteiger partial charge in [0.05, 0.1) is 25.9 Å². The largest absolute Gasteiger partial charge is 0.280 e. The van der Waals surface area contributed by atoms with E-state index in [-0.39, 0.29) is 9.92 Å². The second-order valence-electron chi connectivity index (χ2n) is 5.88. The molecule has 0 saturated carbocycles. The lowest BCUT2D eigenvalue weighted by molar-refractivity contribution is 0.601. The Bertz CT molecular complexity index is 1290. The summed E-state index contributed by atoms with van der Waals surface area (Å²) < 4.78 is 29.7. The van der Waals surface area contributed by atoms with Crippen molar-refractivity contribution < 1.29 is 8.42 Å². The fourth-order valence-corrected chi connectivity index (χ4v) is 6.69. The Labute approximate surface area is 190 Å². The van der Waals surface area contributed by atoms with Crippen molar-refractivity contribution in [3.8, 4) is 0 Å². The molecule has 0 aliphatic rings. The molecule has 148 valence electrons. The van der Waals surface area contributed by atoms with Crippen molar-refractivity contribution in [2.45, 2.75) is 14.1 Å². The van der Waals surface area contributed by atoms with Gasteiger partial charge in [0.2, 0.25) is 0 Å². The van der Waals surface area contributed by atoms with Gasteiger partial charge in [-0.15, -0.1) is 11.3 Å². The Hall–Kier alpha value is -1.48. The van der Waals surface area contributed by atoms with E-state index >= 15 is 0 Å². The van der Waals surface area contributed by atoms with Crippen molar-refractivity contribution in [2.75, 3.05) is 4.72 Å². The fourth-order valence-electron chi connectivity index (χ4n) is 2.54. The number of halogens is 3. The van der Waals surface area contributed by atoms with Gasteiger partial charge in [-0.25, -0.2) is 13.4 Å². The van der Waals surface area contributed by atoms with Gasteiger partial charge in [0.15, 0.2) is 4.34 Å². The zero-order chi connectivity index (χ0) is 20.6. The number of sulfonamides is 1. The monoisotopic (exact) mass is 500 g/mol. The predicted molar refractivity (Wildman–Crippen MR) is 122 cm³/mol. The van der Waals surface area contributed by atoms with Gasteiger partial charge < -0.3 is 0 Å². The quantitative estimate of drug-likeness (QED) is 0.314. The van der Waals surface area contributed by atoms with Gasteiger partial charge in [0, 0.05) is 9.92 Å². The summed E-state index contributed by atoms with van der Waals surface area (Å²) >= 11 is 21.2. The molecule has 0 bridgehead atoms. The van der Waals surface area contributed by atoms with Crippen molar-refractivity contribution in [3.63, 3.8) is 0 Å². The zero-order valence-corrected chi connectivity index (χ0v) is 19.1. The van der Waals surface area contributed by atoms with E-state index in [9.17, 15) is 8.42 Å². The number of benzene rings is 3. The molecule has 3 aromatic carbocycles. The minimum Gasteiger partial charge on any atom is -0.280 e. The summed E-state index contributed by atoms with van der Waals surface area (Å²) in [5.74, 6) is 0.